The Balaban J connectivity index is 2.09. The van der Waals surface area contributed by atoms with E-state index in [2.05, 4.69) is 46.8 Å². The summed E-state index contributed by atoms with van der Waals surface area (Å²) in [5.41, 5.74) is 1.24. The molecule has 3 nitrogen and oxygen atoms in total. The van der Waals surface area contributed by atoms with E-state index in [1.54, 1.807) is 0 Å². The third-order valence-electron chi connectivity index (χ3n) is 4.06. The van der Waals surface area contributed by atoms with Crippen molar-refractivity contribution in [1.29, 1.82) is 0 Å². The number of benzene rings is 1. The molecule has 0 saturated carbocycles. The van der Waals surface area contributed by atoms with E-state index in [-0.39, 0.29) is 17.8 Å². The lowest BCUT2D eigenvalue weighted by atomic mass is 9.72. The summed E-state index contributed by atoms with van der Waals surface area (Å²) in [6, 6.07) is 8.31. The topological polar surface area (TPSA) is 40.5 Å². The van der Waals surface area contributed by atoms with Crippen LogP contribution in [0.5, 0.6) is 0 Å². The summed E-state index contributed by atoms with van der Waals surface area (Å²) in [5, 5.41) is 8.99. The van der Waals surface area contributed by atoms with E-state index in [1.807, 2.05) is 12.1 Å². The molecule has 1 heterocycles. The fourth-order valence-corrected chi connectivity index (χ4v) is 3.13. The number of carboxylic acids is 1. The Labute approximate surface area is 122 Å². The van der Waals surface area contributed by atoms with Gasteiger partial charge in [-0.15, -0.1) is 0 Å². The van der Waals surface area contributed by atoms with E-state index in [1.165, 1.54) is 5.69 Å². The molecule has 1 N–H and O–H groups in total. The van der Waals surface area contributed by atoms with Crippen molar-refractivity contribution in [2.45, 2.75) is 26.7 Å². The molecular weight excluding hydrogens is 306 g/mol. The molecule has 1 aliphatic rings. The molecule has 1 aromatic carbocycles. The summed E-state index contributed by atoms with van der Waals surface area (Å²) in [6.45, 7) is 6.19. The third-order valence-corrected chi connectivity index (χ3v) is 4.59. The minimum absolute atomic E-state index is 0.0315. The smallest absolute Gasteiger partial charge is 0.303 e. The predicted molar refractivity (Wildman–Crippen MR) is 80.5 cm³/mol. The SMILES string of the molecule is CC1(C)CN(c2ccc(Br)cc2)CCC1CC(=O)O. The first-order chi connectivity index (χ1) is 8.88. The van der Waals surface area contributed by atoms with Crippen LogP contribution in [0.4, 0.5) is 5.69 Å². The average molecular weight is 326 g/mol. The maximum Gasteiger partial charge on any atom is 0.303 e. The van der Waals surface area contributed by atoms with Crippen molar-refractivity contribution in [3.05, 3.63) is 28.7 Å². The van der Waals surface area contributed by atoms with Gasteiger partial charge in [0.1, 0.15) is 0 Å². The largest absolute Gasteiger partial charge is 0.481 e. The van der Waals surface area contributed by atoms with Gasteiger partial charge in [0.15, 0.2) is 0 Å². The first kappa shape index (κ1) is 14.4. The Kier molecular flexibility index (Phi) is 4.19. The minimum Gasteiger partial charge on any atom is -0.481 e. The maximum atomic E-state index is 10.9. The number of nitrogens with zero attached hydrogens (tertiary/aromatic N) is 1. The number of rotatable bonds is 3. The zero-order valence-corrected chi connectivity index (χ0v) is 13.0. The molecule has 2 rings (SSSR count). The van der Waals surface area contributed by atoms with Crippen molar-refractivity contribution in [1.82, 2.24) is 0 Å². The third kappa shape index (κ3) is 3.50. The van der Waals surface area contributed by atoms with Gasteiger partial charge in [-0.1, -0.05) is 29.8 Å². The van der Waals surface area contributed by atoms with Crippen molar-refractivity contribution >= 4 is 27.6 Å². The number of halogens is 1. The highest BCUT2D eigenvalue weighted by Crippen LogP contribution is 2.38. The molecule has 1 atom stereocenters. The fraction of sp³-hybridized carbons (Fsp3) is 0.533. The van der Waals surface area contributed by atoms with Gasteiger partial charge in [-0.05, 0) is 42.0 Å². The maximum absolute atomic E-state index is 10.9. The number of carboxylic acid groups (broad SMARTS) is 1. The minimum atomic E-state index is -0.685. The zero-order chi connectivity index (χ0) is 14.0. The van der Waals surface area contributed by atoms with Crippen LogP contribution in [-0.4, -0.2) is 24.2 Å². The van der Waals surface area contributed by atoms with Gasteiger partial charge < -0.3 is 10.0 Å². The van der Waals surface area contributed by atoms with Crippen LogP contribution in [0.2, 0.25) is 0 Å². The van der Waals surface area contributed by atoms with E-state index in [0.717, 1.165) is 24.0 Å². The number of anilines is 1. The molecule has 1 aromatic rings. The number of carbonyl (C=O) groups is 1. The fourth-order valence-electron chi connectivity index (χ4n) is 2.86. The van der Waals surface area contributed by atoms with Crippen molar-refractivity contribution in [3.63, 3.8) is 0 Å². The van der Waals surface area contributed by atoms with Crippen molar-refractivity contribution in [2.75, 3.05) is 18.0 Å². The first-order valence-corrected chi connectivity index (χ1v) is 7.40. The van der Waals surface area contributed by atoms with Gasteiger partial charge in [-0.2, -0.15) is 0 Å². The van der Waals surface area contributed by atoms with E-state index in [4.69, 9.17) is 5.11 Å². The van der Waals surface area contributed by atoms with Crippen LogP contribution in [-0.2, 0) is 4.79 Å². The average Bonchev–Trinajstić information content (AvgIpc) is 2.32. The molecular formula is C15H20BrNO2. The second-order valence-corrected chi connectivity index (χ2v) is 6.89. The predicted octanol–water partition coefficient (Wildman–Crippen LogP) is 3.78. The van der Waals surface area contributed by atoms with Crippen LogP contribution < -0.4 is 4.90 Å². The molecule has 0 bridgehead atoms. The second-order valence-electron chi connectivity index (χ2n) is 5.97. The van der Waals surface area contributed by atoms with Crippen LogP contribution in [0.15, 0.2) is 28.7 Å². The molecule has 1 unspecified atom stereocenters. The number of hydrogen-bond acceptors (Lipinski definition) is 2. The zero-order valence-electron chi connectivity index (χ0n) is 11.4. The van der Waals surface area contributed by atoms with Crippen molar-refractivity contribution in [2.24, 2.45) is 11.3 Å². The van der Waals surface area contributed by atoms with E-state index in [9.17, 15) is 4.79 Å². The van der Waals surface area contributed by atoms with Gasteiger partial charge >= 0.3 is 5.97 Å². The number of piperidine rings is 1. The van der Waals surface area contributed by atoms with Gasteiger partial charge in [-0.3, -0.25) is 4.79 Å². The molecule has 19 heavy (non-hydrogen) atoms. The highest BCUT2D eigenvalue weighted by Gasteiger charge is 2.36. The molecule has 0 spiro atoms. The standard InChI is InChI=1S/C15H20BrNO2/c1-15(2)10-17(8-7-11(15)9-14(18)19)13-5-3-12(16)4-6-13/h3-6,11H,7-10H2,1-2H3,(H,18,19). The summed E-state index contributed by atoms with van der Waals surface area (Å²) in [6.07, 6.45) is 1.22. The highest BCUT2D eigenvalue weighted by molar-refractivity contribution is 9.10. The lowest BCUT2D eigenvalue weighted by Gasteiger charge is -2.45. The Morgan fingerprint density at radius 3 is 2.58 bits per heavy atom. The molecule has 1 fully saturated rings. The Hall–Kier alpha value is -1.03. The highest BCUT2D eigenvalue weighted by atomic mass is 79.9. The van der Waals surface area contributed by atoms with Crippen LogP contribution >= 0.6 is 15.9 Å². The van der Waals surface area contributed by atoms with Gasteiger partial charge in [0.2, 0.25) is 0 Å². The van der Waals surface area contributed by atoms with Gasteiger partial charge in [0.05, 0.1) is 0 Å². The molecule has 0 aliphatic carbocycles. The van der Waals surface area contributed by atoms with Crippen LogP contribution in [0.3, 0.4) is 0 Å². The molecule has 104 valence electrons. The summed E-state index contributed by atoms with van der Waals surface area (Å²) in [4.78, 5) is 13.3. The van der Waals surface area contributed by atoms with E-state index in [0.29, 0.717) is 0 Å². The Morgan fingerprint density at radius 1 is 1.42 bits per heavy atom. The lowest BCUT2D eigenvalue weighted by Crippen LogP contribution is -2.46. The molecule has 0 aromatic heterocycles. The Morgan fingerprint density at radius 2 is 2.05 bits per heavy atom. The Bertz CT molecular complexity index is 456. The molecule has 4 heteroatoms. The van der Waals surface area contributed by atoms with E-state index < -0.39 is 5.97 Å². The first-order valence-electron chi connectivity index (χ1n) is 6.61. The van der Waals surface area contributed by atoms with Crippen LogP contribution in [0.25, 0.3) is 0 Å². The number of aliphatic carboxylic acids is 1. The molecule has 1 saturated heterocycles. The van der Waals surface area contributed by atoms with E-state index >= 15 is 0 Å². The molecule has 0 amide bonds. The van der Waals surface area contributed by atoms with Gasteiger partial charge in [0.25, 0.3) is 0 Å². The molecule has 0 radical (unpaired) electrons. The lowest BCUT2D eigenvalue weighted by molar-refractivity contribution is -0.139. The summed E-state index contributed by atoms with van der Waals surface area (Å²) >= 11 is 3.44. The van der Waals surface area contributed by atoms with Crippen molar-refractivity contribution in [3.8, 4) is 0 Å². The molecule has 1 aliphatic heterocycles. The van der Waals surface area contributed by atoms with Gasteiger partial charge in [0, 0.05) is 29.7 Å². The summed E-state index contributed by atoms with van der Waals surface area (Å²) in [7, 11) is 0. The normalized spacial score (nSPS) is 22.3. The van der Waals surface area contributed by atoms with Gasteiger partial charge in [-0.25, -0.2) is 0 Å². The van der Waals surface area contributed by atoms with Crippen molar-refractivity contribution < 1.29 is 9.90 Å². The monoisotopic (exact) mass is 325 g/mol. The van der Waals surface area contributed by atoms with Crippen LogP contribution in [0, 0.1) is 11.3 Å². The summed E-state index contributed by atoms with van der Waals surface area (Å²) in [5.74, 6) is -0.424. The summed E-state index contributed by atoms with van der Waals surface area (Å²) < 4.78 is 1.08. The number of hydrogen-bond donors (Lipinski definition) is 1. The second kappa shape index (κ2) is 5.53. The van der Waals surface area contributed by atoms with Crippen LogP contribution in [0.1, 0.15) is 26.7 Å². The quantitative estimate of drug-likeness (QED) is 0.919.